The maximum Gasteiger partial charge on any atom is 0.299 e. The molecular weight excluding hydrogens is 376 g/mol. The summed E-state index contributed by atoms with van der Waals surface area (Å²) in [7, 11) is -3.55. The van der Waals surface area contributed by atoms with Gasteiger partial charge < -0.3 is 5.32 Å². The van der Waals surface area contributed by atoms with Crippen LogP contribution in [0, 0.1) is 0 Å². The lowest BCUT2D eigenvalue weighted by Crippen LogP contribution is -2.23. The van der Waals surface area contributed by atoms with E-state index in [0.29, 0.717) is 11.2 Å². The van der Waals surface area contributed by atoms with Crippen LogP contribution in [0.5, 0.6) is 0 Å². The van der Waals surface area contributed by atoms with Gasteiger partial charge >= 0.3 is 0 Å². The van der Waals surface area contributed by atoms with Crippen molar-refractivity contribution in [1.82, 2.24) is 15.3 Å². The zero-order valence-electron chi connectivity index (χ0n) is 14.7. The van der Waals surface area contributed by atoms with Crippen molar-refractivity contribution < 1.29 is 18.2 Å². The van der Waals surface area contributed by atoms with Crippen molar-refractivity contribution in [3.05, 3.63) is 84.3 Å². The van der Waals surface area contributed by atoms with Gasteiger partial charge in [-0.2, -0.15) is 0 Å². The van der Waals surface area contributed by atoms with Crippen LogP contribution < -0.4 is 10.3 Å². The predicted octanol–water partition coefficient (Wildman–Crippen LogP) is 2.14. The zero-order chi connectivity index (χ0) is 19.6. The molecule has 0 atom stereocenters. The van der Waals surface area contributed by atoms with Gasteiger partial charge in [-0.1, -0.05) is 30.3 Å². The maximum absolute atomic E-state index is 12.6. The fourth-order valence-electron chi connectivity index (χ4n) is 2.80. The molecule has 28 heavy (non-hydrogen) atoms. The number of nitrogens with zero attached hydrogens (tertiary/aromatic N) is 1. The number of pyridine rings is 1. The van der Waals surface area contributed by atoms with E-state index in [9.17, 15) is 13.2 Å². The highest BCUT2D eigenvalue weighted by Gasteiger charge is 2.17. The van der Waals surface area contributed by atoms with Crippen LogP contribution in [0.1, 0.15) is 15.9 Å². The molecule has 3 N–H and O–H groups in total. The number of carbonyl (C=O) groups excluding carboxylic acids is 1. The summed E-state index contributed by atoms with van der Waals surface area (Å²) in [5.41, 5.74) is 2.64. The Hall–Kier alpha value is -3.52. The van der Waals surface area contributed by atoms with Gasteiger partial charge in [0, 0.05) is 6.54 Å². The van der Waals surface area contributed by atoms with Crippen LogP contribution in [0.25, 0.3) is 11.2 Å². The molecule has 0 bridgehead atoms. The minimum absolute atomic E-state index is 0.214. The van der Waals surface area contributed by atoms with Crippen LogP contribution in [0.3, 0.4) is 0 Å². The smallest absolute Gasteiger partial charge is 0.299 e. The average Bonchev–Trinajstić information content (AvgIpc) is 3.21. The number of rotatable bonds is 5. The number of benzene rings is 2. The van der Waals surface area contributed by atoms with Gasteiger partial charge in [0.2, 0.25) is 9.84 Å². The highest BCUT2D eigenvalue weighted by Crippen LogP contribution is 2.20. The molecule has 0 saturated heterocycles. The van der Waals surface area contributed by atoms with E-state index >= 15 is 0 Å². The maximum atomic E-state index is 12.6. The second-order valence-electron chi connectivity index (χ2n) is 6.20. The molecule has 0 unspecified atom stereocenters. The molecule has 0 radical (unpaired) electrons. The van der Waals surface area contributed by atoms with Crippen molar-refractivity contribution in [2.45, 2.75) is 16.3 Å². The van der Waals surface area contributed by atoms with E-state index in [1.54, 1.807) is 67.0 Å². The third kappa shape index (κ3) is 3.49. The Labute approximate surface area is 161 Å². The Morgan fingerprint density at radius 1 is 1.04 bits per heavy atom. The molecule has 4 aromatic rings. The van der Waals surface area contributed by atoms with Crippen molar-refractivity contribution >= 4 is 26.9 Å². The normalized spacial score (nSPS) is 11.4. The first-order valence-electron chi connectivity index (χ1n) is 8.56. The number of amides is 1. The number of imidazole rings is 1. The van der Waals surface area contributed by atoms with Crippen molar-refractivity contribution in [2.75, 3.05) is 0 Å². The lowest BCUT2D eigenvalue weighted by Gasteiger charge is -2.07. The van der Waals surface area contributed by atoms with Gasteiger partial charge in [0.15, 0.2) is 11.8 Å². The van der Waals surface area contributed by atoms with E-state index in [-0.39, 0.29) is 22.2 Å². The number of H-pyrrole nitrogens is 2. The summed E-state index contributed by atoms with van der Waals surface area (Å²) in [6.45, 7) is 0.277. The van der Waals surface area contributed by atoms with Crippen LogP contribution in [-0.2, 0) is 16.4 Å². The molecule has 0 fully saturated rings. The first-order chi connectivity index (χ1) is 13.5. The predicted molar refractivity (Wildman–Crippen MR) is 102 cm³/mol. The number of fused-ring (bicyclic) bond motifs is 1. The molecule has 0 aliphatic rings. The molecule has 2 aromatic carbocycles. The molecular formula is C20H17N4O3S+. The minimum atomic E-state index is -3.55. The van der Waals surface area contributed by atoms with Crippen molar-refractivity contribution in [3.8, 4) is 0 Å². The Morgan fingerprint density at radius 3 is 2.50 bits per heavy atom. The first-order valence-corrected chi connectivity index (χ1v) is 10.0. The quantitative estimate of drug-likeness (QED) is 0.542. The minimum Gasteiger partial charge on any atom is -0.348 e. The van der Waals surface area contributed by atoms with E-state index < -0.39 is 9.84 Å². The van der Waals surface area contributed by atoms with E-state index in [1.165, 1.54) is 6.20 Å². The van der Waals surface area contributed by atoms with Crippen LogP contribution >= 0.6 is 0 Å². The summed E-state index contributed by atoms with van der Waals surface area (Å²) >= 11 is 0. The van der Waals surface area contributed by atoms with Crippen molar-refractivity contribution in [2.24, 2.45) is 0 Å². The Balaban J connectivity index is 1.45. The Bertz CT molecular complexity index is 1230. The summed E-state index contributed by atoms with van der Waals surface area (Å²) in [6, 6.07) is 16.5. The molecule has 2 aromatic heterocycles. The lowest BCUT2D eigenvalue weighted by molar-refractivity contribution is -0.347. The van der Waals surface area contributed by atoms with E-state index in [2.05, 4.69) is 20.3 Å². The fraction of sp³-hybridized carbons (Fsp3) is 0.0500. The topological polar surface area (TPSA) is 106 Å². The molecule has 140 valence electrons. The van der Waals surface area contributed by atoms with E-state index in [4.69, 9.17) is 0 Å². The van der Waals surface area contributed by atoms with E-state index in [0.717, 1.165) is 11.1 Å². The van der Waals surface area contributed by atoms with Crippen molar-refractivity contribution in [1.29, 1.82) is 0 Å². The molecule has 0 saturated carbocycles. The van der Waals surface area contributed by atoms with Gasteiger partial charge in [0.1, 0.15) is 6.20 Å². The molecule has 2 heterocycles. The number of hydrogen-bond acceptors (Lipinski definition) is 4. The SMILES string of the molecule is O=C(NCc1ccc(S(=O)(=O)c2ccccc2)cc1)c1cnc2[nH+]c[nH]c2c1. The second kappa shape index (κ2) is 7.24. The van der Waals surface area contributed by atoms with Crippen LogP contribution in [0.15, 0.2) is 83.0 Å². The monoisotopic (exact) mass is 393 g/mol. The van der Waals surface area contributed by atoms with Gasteiger partial charge in [-0.25, -0.2) is 13.4 Å². The standard InChI is InChI=1S/C20H16N4O3S/c25-20(15-10-18-19(21-12-15)24-13-23-18)22-11-14-6-8-17(9-7-14)28(26,27)16-4-2-1-3-5-16/h1-10,12-13H,11H2,(H,22,25)(H,21,23,24)/p+1. The van der Waals surface area contributed by atoms with Gasteiger partial charge in [0.05, 0.1) is 15.4 Å². The first kappa shape index (κ1) is 17.9. The summed E-state index contributed by atoms with van der Waals surface area (Å²) in [5.74, 6) is -0.259. The van der Waals surface area contributed by atoms with Gasteiger partial charge in [0.25, 0.3) is 11.6 Å². The lowest BCUT2D eigenvalue weighted by atomic mass is 10.2. The molecule has 7 nitrogen and oxygen atoms in total. The molecule has 1 amide bonds. The number of hydrogen-bond donors (Lipinski definition) is 2. The van der Waals surface area contributed by atoms with Gasteiger partial charge in [-0.05, 0) is 35.9 Å². The van der Waals surface area contributed by atoms with Crippen LogP contribution in [-0.4, -0.2) is 24.3 Å². The summed E-state index contributed by atoms with van der Waals surface area (Å²) < 4.78 is 25.2. The number of nitrogens with one attached hydrogen (secondary N) is 3. The Morgan fingerprint density at radius 2 is 1.75 bits per heavy atom. The summed E-state index contributed by atoms with van der Waals surface area (Å²) in [6.07, 6.45) is 3.14. The highest BCUT2D eigenvalue weighted by molar-refractivity contribution is 7.91. The molecule has 0 aliphatic carbocycles. The molecule has 8 heteroatoms. The Kier molecular flexibility index (Phi) is 4.62. The fourth-order valence-corrected chi connectivity index (χ4v) is 4.08. The average molecular weight is 393 g/mol. The van der Waals surface area contributed by atoms with Crippen molar-refractivity contribution in [3.63, 3.8) is 0 Å². The number of sulfone groups is 1. The number of carbonyl (C=O) groups is 1. The second-order valence-corrected chi connectivity index (χ2v) is 8.15. The highest BCUT2D eigenvalue weighted by atomic mass is 32.2. The number of aromatic amines is 2. The van der Waals surface area contributed by atoms with E-state index in [1.807, 2.05) is 0 Å². The molecule has 0 aliphatic heterocycles. The zero-order valence-corrected chi connectivity index (χ0v) is 15.5. The van der Waals surface area contributed by atoms with Crippen LogP contribution in [0.4, 0.5) is 0 Å². The molecule has 4 rings (SSSR count). The summed E-state index contributed by atoms with van der Waals surface area (Å²) in [4.78, 5) is 22.9. The summed E-state index contributed by atoms with van der Waals surface area (Å²) in [5, 5.41) is 2.81. The third-order valence-corrected chi connectivity index (χ3v) is 6.11. The van der Waals surface area contributed by atoms with Gasteiger partial charge in [-0.3, -0.25) is 9.78 Å². The van der Waals surface area contributed by atoms with Gasteiger partial charge in [-0.15, -0.1) is 4.98 Å². The third-order valence-electron chi connectivity index (χ3n) is 4.33. The largest absolute Gasteiger partial charge is 0.348 e. The van der Waals surface area contributed by atoms with Crippen LogP contribution in [0.2, 0.25) is 0 Å². The molecule has 0 spiro atoms. The number of aromatic nitrogens is 3.